The Balaban J connectivity index is 2.29. The summed E-state index contributed by atoms with van der Waals surface area (Å²) >= 11 is 0. The van der Waals surface area contributed by atoms with Crippen LogP contribution in [0.1, 0.15) is 12.0 Å². The smallest absolute Gasteiger partial charge is 0.224 e. The van der Waals surface area contributed by atoms with E-state index in [2.05, 4.69) is 0 Å². The molecule has 5 heteroatoms. The van der Waals surface area contributed by atoms with Gasteiger partial charge in [-0.2, -0.15) is 0 Å². The summed E-state index contributed by atoms with van der Waals surface area (Å²) in [6, 6.07) is 7.51. The van der Waals surface area contributed by atoms with Crippen LogP contribution in [-0.2, 0) is 20.3 Å². The molecule has 1 aromatic rings. The van der Waals surface area contributed by atoms with Crippen molar-refractivity contribution in [2.24, 2.45) is 11.7 Å². The Morgan fingerprint density at radius 1 is 1.35 bits per heavy atom. The molecule has 2 N–H and O–H groups in total. The number of aryl methyl sites for hydroxylation is 1. The summed E-state index contributed by atoms with van der Waals surface area (Å²) in [6.07, 6.45) is 3.89. The molecule has 0 bridgehead atoms. The van der Waals surface area contributed by atoms with Crippen LogP contribution in [0.25, 0.3) is 0 Å². The molecule has 0 radical (unpaired) electrons. The molecule has 4 nitrogen and oxygen atoms in total. The summed E-state index contributed by atoms with van der Waals surface area (Å²) in [5.74, 6) is -1.03. The molecule has 0 spiro atoms. The number of hydrogen-bond donors (Lipinski definition) is 1. The van der Waals surface area contributed by atoms with Gasteiger partial charge in [0.25, 0.3) is 0 Å². The number of nitrogens with two attached hydrogens (primary N) is 1. The average Bonchev–Trinajstić information content (AvgIpc) is 2.46. The molecule has 4 atom stereocenters. The van der Waals surface area contributed by atoms with Gasteiger partial charge in [0.2, 0.25) is 5.91 Å². The van der Waals surface area contributed by atoms with E-state index >= 15 is 0 Å². The fourth-order valence-electron chi connectivity index (χ4n) is 2.46. The van der Waals surface area contributed by atoms with Crippen molar-refractivity contribution < 1.29 is 13.7 Å². The highest BCUT2D eigenvalue weighted by atomic mass is 32.2. The molecule has 1 amide bonds. The van der Waals surface area contributed by atoms with E-state index in [0.29, 0.717) is 6.42 Å². The number of rotatable bonds is 4. The molecular formula is C15H19NO3S. The Morgan fingerprint density at radius 3 is 2.55 bits per heavy atom. The Labute approximate surface area is 121 Å². The van der Waals surface area contributed by atoms with E-state index in [0.717, 1.165) is 10.5 Å². The van der Waals surface area contributed by atoms with Crippen molar-refractivity contribution in [2.75, 3.05) is 7.11 Å². The number of hydrogen-bond acceptors (Lipinski definition) is 3. The monoisotopic (exact) mass is 293 g/mol. The van der Waals surface area contributed by atoms with E-state index in [4.69, 9.17) is 10.5 Å². The van der Waals surface area contributed by atoms with Gasteiger partial charge in [0.15, 0.2) is 0 Å². The van der Waals surface area contributed by atoms with Crippen LogP contribution in [0, 0.1) is 12.8 Å². The van der Waals surface area contributed by atoms with Crippen molar-refractivity contribution in [2.45, 2.75) is 29.6 Å². The predicted molar refractivity (Wildman–Crippen MR) is 78.6 cm³/mol. The van der Waals surface area contributed by atoms with Gasteiger partial charge in [-0.15, -0.1) is 0 Å². The zero-order valence-electron chi connectivity index (χ0n) is 11.6. The Kier molecular flexibility index (Phi) is 4.73. The number of carbonyl (C=O) groups excluding carboxylic acids is 1. The van der Waals surface area contributed by atoms with Crippen LogP contribution < -0.4 is 5.73 Å². The maximum atomic E-state index is 12.7. The first-order valence-electron chi connectivity index (χ1n) is 6.50. The zero-order chi connectivity index (χ0) is 14.7. The second kappa shape index (κ2) is 6.33. The summed E-state index contributed by atoms with van der Waals surface area (Å²) in [5.41, 5.74) is 6.58. The standard InChI is InChI=1S/C15H19NO3S/c1-10-6-8-11(9-7-10)20(18)13-5-3-4-12(19-2)14(13)15(16)17/h3-4,6-9,12-14H,5H2,1-2H3,(H2,16,17)/t12-,13+,14-,20+/m1/s1. The fourth-order valence-corrected chi connectivity index (χ4v) is 4.06. The molecule has 0 heterocycles. The molecule has 20 heavy (non-hydrogen) atoms. The molecule has 108 valence electrons. The van der Waals surface area contributed by atoms with Gasteiger partial charge >= 0.3 is 0 Å². The maximum Gasteiger partial charge on any atom is 0.224 e. The molecule has 1 aliphatic carbocycles. The van der Waals surface area contributed by atoms with E-state index in [1.165, 1.54) is 7.11 Å². The highest BCUT2D eigenvalue weighted by molar-refractivity contribution is 7.85. The summed E-state index contributed by atoms with van der Waals surface area (Å²) in [6.45, 7) is 1.98. The van der Waals surface area contributed by atoms with Crippen LogP contribution >= 0.6 is 0 Å². The van der Waals surface area contributed by atoms with Crippen LogP contribution in [0.15, 0.2) is 41.3 Å². The van der Waals surface area contributed by atoms with E-state index in [-0.39, 0.29) is 5.25 Å². The largest absolute Gasteiger partial charge is 0.377 e. The van der Waals surface area contributed by atoms with Gasteiger partial charge in [-0.3, -0.25) is 9.00 Å². The minimum Gasteiger partial charge on any atom is -0.377 e. The van der Waals surface area contributed by atoms with E-state index in [1.807, 2.05) is 43.3 Å². The highest BCUT2D eigenvalue weighted by Crippen LogP contribution is 2.29. The van der Waals surface area contributed by atoms with Gasteiger partial charge in [0, 0.05) is 12.0 Å². The minimum atomic E-state index is -1.28. The lowest BCUT2D eigenvalue weighted by Crippen LogP contribution is -2.45. The highest BCUT2D eigenvalue weighted by Gasteiger charge is 2.38. The number of ether oxygens (including phenoxy) is 1. The van der Waals surface area contributed by atoms with Crippen LogP contribution in [0.2, 0.25) is 0 Å². The van der Waals surface area contributed by atoms with Crippen LogP contribution in [-0.4, -0.2) is 28.6 Å². The Hall–Kier alpha value is -1.46. The quantitative estimate of drug-likeness (QED) is 0.856. The van der Waals surface area contributed by atoms with Crippen molar-refractivity contribution in [3.8, 4) is 0 Å². The van der Waals surface area contributed by atoms with Crippen molar-refractivity contribution in [3.63, 3.8) is 0 Å². The van der Waals surface area contributed by atoms with Gasteiger partial charge in [0.1, 0.15) is 0 Å². The SMILES string of the molecule is CO[C@@H]1C=CC[C@H]([S@@](=O)c2ccc(C)cc2)[C@@H]1C(N)=O. The maximum absolute atomic E-state index is 12.7. The molecule has 2 rings (SSSR count). The molecule has 1 aromatic carbocycles. The lowest BCUT2D eigenvalue weighted by Gasteiger charge is -2.31. The number of carbonyl (C=O) groups is 1. The molecule has 0 aliphatic heterocycles. The molecule has 0 saturated heterocycles. The summed E-state index contributed by atoms with van der Waals surface area (Å²) in [5, 5.41) is -0.342. The first kappa shape index (κ1) is 14.9. The lowest BCUT2D eigenvalue weighted by atomic mass is 9.90. The third-order valence-electron chi connectivity index (χ3n) is 3.58. The second-order valence-electron chi connectivity index (χ2n) is 4.94. The zero-order valence-corrected chi connectivity index (χ0v) is 12.4. The number of methoxy groups -OCH3 is 1. The normalized spacial score (nSPS) is 27.2. The molecule has 0 aromatic heterocycles. The molecule has 0 fully saturated rings. The number of allylic oxidation sites excluding steroid dienone is 1. The predicted octanol–water partition coefficient (Wildman–Crippen LogP) is 1.55. The molecular weight excluding hydrogens is 274 g/mol. The van der Waals surface area contributed by atoms with Gasteiger partial charge in [0.05, 0.1) is 28.1 Å². The van der Waals surface area contributed by atoms with Crippen LogP contribution in [0.3, 0.4) is 0 Å². The third-order valence-corrected chi connectivity index (χ3v) is 5.35. The number of benzene rings is 1. The van der Waals surface area contributed by atoms with Gasteiger partial charge in [-0.25, -0.2) is 0 Å². The van der Waals surface area contributed by atoms with E-state index in [1.54, 1.807) is 0 Å². The fraction of sp³-hybridized carbons (Fsp3) is 0.400. The van der Waals surface area contributed by atoms with Gasteiger partial charge in [-0.1, -0.05) is 29.8 Å². The van der Waals surface area contributed by atoms with Gasteiger partial charge in [-0.05, 0) is 25.5 Å². The van der Waals surface area contributed by atoms with E-state index in [9.17, 15) is 9.00 Å². The van der Waals surface area contributed by atoms with Gasteiger partial charge < -0.3 is 10.5 Å². The number of primary amides is 1. The summed E-state index contributed by atoms with van der Waals surface area (Å²) < 4.78 is 18.0. The first-order valence-corrected chi connectivity index (χ1v) is 7.72. The third kappa shape index (κ3) is 2.99. The topological polar surface area (TPSA) is 69.4 Å². The first-order chi connectivity index (χ1) is 9.54. The van der Waals surface area contributed by atoms with Crippen LogP contribution in [0.5, 0.6) is 0 Å². The van der Waals surface area contributed by atoms with Crippen molar-refractivity contribution in [1.29, 1.82) is 0 Å². The lowest BCUT2D eigenvalue weighted by molar-refractivity contribution is -0.125. The summed E-state index contributed by atoms with van der Waals surface area (Å²) in [7, 11) is 0.247. The van der Waals surface area contributed by atoms with Crippen molar-refractivity contribution >= 4 is 16.7 Å². The Morgan fingerprint density at radius 2 is 2.00 bits per heavy atom. The molecule has 0 unspecified atom stereocenters. The van der Waals surface area contributed by atoms with E-state index < -0.39 is 28.7 Å². The van der Waals surface area contributed by atoms with Crippen molar-refractivity contribution in [1.82, 2.24) is 0 Å². The number of amides is 1. The van der Waals surface area contributed by atoms with Crippen molar-refractivity contribution in [3.05, 3.63) is 42.0 Å². The summed E-state index contributed by atoms with van der Waals surface area (Å²) in [4.78, 5) is 12.4. The Bertz CT molecular complexity index is 539. The minimum absolute atomic E-state index is 0.342. The van der Waals surface area contributed by atoms with Crippen LogP contribution in [0.4, 0.5) is 0 Å². The molecule has 1 aliphatic rings. The average molecular weight is 293 g/mol. The second-order valence-corrected chi connectivity index (χ2v) is 6.61. The molecule has 0 saturated carbocycles.